The summed E-state index contributed by atoms with van der Waals surface area (Å²) in [7, 11) is 0. The quantitative estimate of drug-likeness (QED) is 0.771. The van der Waals surface area contributed by atoms with E-state index in [1.807, 2.05) is 12.1 Å². The molecule has 0 saturated carbocycles. The molecule has 16 heavy (non-hydrogen) atoms. The van der Waals surface area contributed by atoms with Gasteiger partial charge in [-0.1, -0.05) is 30.3 Å². The maximum Gasteiger partial charge on any atom is 0.227 e. The van der Waals surface area contributed by atoms with Crippen LogP contribution in [0.3, 0.4) is 0 Å². The van der Waals surface area contributed by atoms with Gasteiger partial charge in [0, 0.05) is 6.54 Å². The molecule has 2 heteroatoms. The Morgan fingerprint density at radius 1 is 1.50 bits per heavy atom. The molecule has 0 saturated heterocycles. The molecule has 0 bridgehead atoms. The van der Waals surface area contributed by atoms with Gasteiger partial charge in [-0.05, 0) is 30.4 Å². The van der Waals surface area contributed by atoms with Crippen molar-refractivity contribution in [3.8, 4) is 0 Å². The molecule has 84 valence electrons. The summed E-state index contributed by atoms with van der Waals surface area (Å²) in [6.45, 7) is 4.16. The SMILES string of the molecule is C=CCNC(=O)C1CCCc2ccccc21. The van der Waals surface area contributed by atoms with Crippen molar-refractivity contribution in [2.75, 3.05) is 6.54 Å². The summed E-state index contributed by atoms with van der Waals surface area (Å²) in [6, 6.07) is 8.26. The van der Waals surface area contributed by atoms with Crippen LogP contribution in [0.15, 0.2) is 36.9 Å². The van der Waals surface area contributed by atoms with Crippen LogP contribution in [0.5, 0.6) is 0 Å². The summed E-state index contributed by atoms with van der Waals surface area (Å²) in [5, 5.41) is 2.89. The molecule has 1 aliphatic rings. The van der Waals surface area contributed by atoms with Crippen LogP contribution in [-0.2, 0) is 11.2 Å². The average Bonchev–Trinajstić information content (AvgIpc) is 2.35. The zero-order valence-electron chi connectivity index (χ0n) is 9.41. The molecule has 1 atom stereocenters. The minimum Gasteiger partial charge on any atom is -0.352 e. The Kier molecular flexibility index (Phi) is 3.40. The molecule has 0 radical (unpaired) electrons. The van der Waals surface area contributed by atoms with Crippen molar-refractivity contribution in [2.45, 2.75) is 25.2 Å². The molecule has 0 aromatic heterocycles. The standard InChI is InChI=1S/C14H17NO/c1-2-10-15-14(16)13-9-5-7-11-6-3-4-8-12(11)13/h2-4,6,8,13H,1,5,7,9-10H2,(H,15,16). The molecule has 0 fully saturated rings. The number of carbonyl (C=O) groups excluding carboxylic acids is 1. The Balaban J connectivity index is 2.18. The fourth-order valence-electron chi connectivity index (χ4n) is 2.32. The van der Waals surface area contributed by atoms with Gasteiger partial charge in [0.1, 0.15) is 0 Å². The predicted molar refractivity (Wildman–Crippen MR) is 65.3 cm³/mol. The first-order valence-electron chi connectivity index (χ1n) is 5.79. The third-order valence-corrected chi connectivity index (χ3v) is 3.11. The Morgan fingerprint density at radius 3 is 3.12 bits per heavy atom. The van der Waals surface area contributed by atoms with Crippen LogP contribution < -0.4 is 5.32 Å². The van der Waals surface area contributed by atoms with E-state index < -0.39 is 0 Å². The number of nitrogens with one attached hydrogen (secondary N) is 1. The molecule has 1 amide bonds. The number of carbonyl (C=O) groups is 1. The highest BCUT2D eigenvalue weighted by atomic mass is 16.1. The molecule has 1 unspecified atom stereocenters. The van der Waals surface area contributed by atoms with E-state index in [1.54, 1.807) is 6.08 Å². The summed E-state index contributed by atoms with van der Waals surface area (Å²) in [5.74, 6) is 0.164. The topological polar surface area (TPSA) is 29.1 Å². The first-order valence-corrected chi connectivity index (χ1v) is 5.79. The lowest BCUT2D eigenvalue weighted by Crippen LogP contribution is -2.31. The van der Waals surface area contributed by atoms with Crippen LogP contribution >= 0.6 is 0 Å². The Labute approximate surface area is 96.4 Å². The minimum absolute atomic E-state index is 0.0323. The molecular weight excluding hydrogens is 198 g/mol. The van der Waals surface area contributed by atoms with Crippen LogP contribution in [0.1, 0.15) is 29.9 Å². The Hall–Kier alpha value is -1.57. The summed E-state index contributed by atoms with van der Waals surface area (Å²) in [5.41, 5.74) is 2.53. The predicted octanol–water partition coefficient (Wildman–Crippen LogP) is 2.41. The average molecular weight is 215 g/mol. The van der Waals surface area contributed by atoms with E-state index in [0.717, 1.165) is 19.3 Å². The van der Waals surface area contributed by atoms with Crippen molar-refractivity contribution in [3.05, 3.63) is 48.0 Å². The van der Waals surface area contributed by atoms with Gasteiger partial charge in [0.05, 0.1) is 5.92 Å². The third-order valence-electron chi connectivity index (χ3n) is 3.11. The van der Waals surface area contributed by atoms with E-state index in [2.05, 4.69) is 24.0 Å². The van der Waals surface area contributed by atoms with Gasteiger partial charge < -0.3 is 5.32 Å². The highest BCUT2D eigenvalue weighted by molar-refractivity contribution is 5.84. The summed E-state index contributed by atoms with van der Waals surface area (Å²) >= 11 is 0. The lowest BCUT2D eigenvalue weighted by molar-refractivity contribution is -0.122. The molecule has 0 aliphatic heterocycles. The van der Waals surface area contributed by atoms with Crippen molar-refractivity contribution in [1.82, 2.24) is 5.32 Å². The van der Waals surface area contributed by atoms with E-state index in [0.29, 0.717) is 6.54 Å². The van der Waals surface area contributed by atoms with Gasteiger partial charge in [0.15, 0.2) is 0 Å². The normalized spacial score (nSPS) is 18.6. The van der Waals surface area contributed by atoms with Gasteiger partial charge in [0.2, 0.25) is 5.91 Å². The Bertz CT molecular complexity index is 397. The number of hydrogen-bond donors (Lipinski definition) is 1. The molecule has 0 heterocycles. The molecule has 2 rings (SSSR count). The van der Waals surface area contributed by atoms with Crippen molar-refractivity contribution in [2.24, 2.45) is 0 Å². The lowest BCUT2D eigenvalue weighted by Gasteiger charge is -2.24. The number of hydrogen-bond acceptors (Lipinski definition) is 1. The zero-order valence-corrected chi connectivity index (χ0v) is 9.41. The molecular formula is C14H17NO. The van der Waals surface area contributed by atoms with Crippen LogP contribution in [0.2, 0.25) is 0 Å². The molecule has 1 aliphatic carbocycles. The zero-order chi connectivity index (χ0) is 11.4. The Morgan fingerprint density at radius 2 is 2.31 bits per heavy atom. The number of benzene rings is 1. The van der Waals surface area contributed by atoms with E-state index >= 15 is 0 Å². The number of fused-ring (bicyclic) bond motifs is 1. The number of rotatable bonds is 3. The smallest absolute Gasteiger partial charge is 0.227 e. The number of amides is 1. The van der Waals surface area contributed by atoms with Gasteiger partial charge in [-0.25, -0.2) is 0 Å². The second-order valence-electron chi connectivity index (χ2n) is 4.18. The van der Waals surface area contributed by atoms with E-state index in [1.165, 1.54) is 11.1 Å². The molecule has 1 N–H and O–H groups in total. The molecule has 1 aromatic rings. The number of aryl methyl sites for hydroxylation is 1. The van der Waals surface area contributed by atoms with Gasteiger partial charge in [0.25, 0.3) is 0 Å². The van der Waals surface area contributed by atoms with Gasteiger partial charge >= 0.3 is 0 Å². The van der Waals surface area contributed by atoms with Gasteiger partial charge in [-0.3, -0.25) is 4.79 Å². The molecule has 1 aromatic carbocycles. The summed E-state index contributed by atoms with van der Waals surface area (Å²) in [6.07, 6.45) is 4.87. The minimum atomic E-state index is 0.0323. The highest BCUT2D eigenvalue weighted by Crippen LogP contribution is 2.31. The second-order valence-corrected chi connectivity index (χ2v) is 4.18. The first-order chi connectivity index (χ1) is 7.83. The largest absolute Gasteiger partial charge is 0.352 e. The summed E-state index contributed by atoms with van der Waals surface area (Å²) < 4.78 is 0. The highest BCUT2D eigenvalue weighted by Gasteiger charge is 2.25. The monoisotopic (exact) mass is 215 g/mol. The van der Waals surface area contributed by atoms with Crippen molar-refractivity contribution in [3.63, 3.8) is 0 Å². The fraction of sp³-hybridized carbons (Fsp3) is 0.357. The maximum absolute atomic E-state index is 12.0. The van der Waals surface area contributed by atoms with Crippen LogP contribution in [0.4, 0.5) is 0 Å². The van der Waals surface area contributed by atoms with Gasteiger partial charge in [-0.2, -0.15) is 0 Å². The van der Waals surface area contributed by atoms with Crippen LogP contribution in [0, 0.1) is 0 Å². The maximum atomic E-state index is 12.0. The van der Waals surface area contributed by atoms with Crippen LogP contribution in [-0.4, -0.2) is 12.5 Å². The van der Waals surface area contributed by atoms with E-state index in [-0.39, 0.29) is 11.8 Å². The van der Waals surface area contributed by atoms with Crippen LogP contribution in [0.25, 0.3) is 0 Å². The van der Waals surface area contributed by atoms with E-state index in [4.69, 9.17) is 0 Å². The molecule has 0 spiro atoms. The molecule has 2 nitrogen and oxygen atoms in total. The van der Waals surface area contributed by atoms with Crippen molar-refractivity contribution < 1.29 is 4.79 Å². The summed E-state index contributed by atoms with van der Waals surface area (Å²) in [4.78, 5) is 12.0. The van der Waals surface area contributed by atoms with Crippen molar-refractivity contribution >= 4 is 5.91 Å². The first kappa shape index (κ1) is 10.9. The van der Waals surface area contributed by atoms with E-state index in [9.17, 15) is 4.79 Å². The lowest BCUT2D eigenvalue weighted by atomic mass is 9.82. The fourth-order valence-corrected chi connectivity index (χ4v) is 2.32. The van der Waals surface area contributed by atoms with Crippen molar-refractivity contribution in [1.29, 1.82) is 0 Å². The third kappa shape index (κ3) is 2.16. The van der Waals surface area contributed by atoms with Gasteiger partial charge in [-0.15, -0.1) is 6.58 Å². The second kappa shape index (κ2) is 4.97.